The number of amides is 3. The van der Waals surface area contributed by atoms with Crippen LogP contribution in [0.2, 0.25) is 0 Å². The van der Waals surface area contributed by atoms with Crippen molar-refractivity contribution in [2.24, 2.45) is 0 Å². The Morgan fingerprint density at radius 3 is 2.43 bits per heavy atom. The summed E-state index contributed by atoms with van der Waals surface area (Å²) in [6.45, 7) is 5.22. The summed E-state index contributed by atoms with van der Waals surface area (Å²) in [6.07, 6.45) is 1.54. The third-order valence-electron chi connectivity index (χ3n) is 5.06. The van der Waals surface area contributed by atoms with E-state index in [1.165, 1.54) is 7.11 Å². The molecule has 10 heteroatoms. The number of hydrogen-bond acceptors (Lipinski definition) is 8. The van der Waals surface area contributed by atoms with Crippen LogP contribution < -0.4 is 14.8 Å². The van der Waals surface area contributed by atoms with Crippen LogP contribution in [0.3, 0.4) is 0 Å². The number of anilines is 1. The molecule has 9 nitrogen and oxygen atoms in total. The lowest BCUT2D eigenvalue weighted by atomic mass is 10.1. The number of rotatable bonds is 9. The lowest BCUT2D eigenvalue weighted by Gasteiger charge is -2.15. The molecule has 0 aromatic heterocycles. The van der Waals surface area contributed by atoms with E-state index in [0.717, 1.165) is 27.8 Å². The molecule has 0 bridgehead atoms. The van der Waals surface area contributed by atoms with Crippen LogP contribution in [0.4, 0.5) is 10.5 Å². The number of methoxy groups -OCH3 is 1. The maximum Gasteiger partial charge on any atom is 0.343 e. The molecule has 1 aliphatic rings. The number of hydrogen-bond donors (Lipinski definition) is 1. The normalized spacial score (nSPS) is 14.3. The number of benzene rings is 2. The summed E-state index contributed by atoms with van der Waals surface area (Å²) in [5.74, 6) is -0.841. The summed E-state index contributed by atoms with van der Waals surface area (Å²) >= 11 is 0.757. The standard InChI is InChI=1S/C25H26N2O7S/c1-5-33-19-11-17(9-10-18(19)34-14-22(29)32-4)12-20-24(30)27(25(31)35-20)13-21(28)26-23-15(2)7-6-8-16(23)3/h6-12H,5,13-14H2,1-4H3,(H,26,28)/b20-12+. The Balaban J connectivity index is 1.73. The van der Waals surface area contributed by atoms with Gasteiger partial charge in [-0.3, -0.25) is 19.3 Å². The summed E-state index contributed by atoms with van der Waals surface area (Å²) in [7, 11) is 1.26. The number of carbonyl (C=O) groups excluding carboxylic acids is 4. The predicted molar refractivity (Wildman–Crippen MR) is 132 cm³/mol. The van der Waals surface area contributed by atoms with Gasteiger partial charge in [-0.15, -0.1) is 0 Å². The molecule has 35 heavy (non-hydrogen) atoms. The minimum Gasteiger partial charge on any atom is -0.490 e. The Kier molecular flexibility index (Phi) is 8.53. The second-order valence-corrected chi connectivity index (χ2v) is 8.58. The molecule has 3 amide bonds. The quantitative estimate of drug-likeness (QED) is 0.409. The first-order valence-electron chi connectivity index (χ1n) is 10.8. The van der Waals surface area contributed by atoms with Crippen LogP contribution in [0, 0.1) is 13.8 Å². The van der Waals surface area contributed by atoms with Crippen molar-refractivity contribution < 1.29 is 33.4 Å². The predicted octanol–water partition coefficient (Wildman–Crippen LogP) is 3.93. The van der Waals surface area contributed by atoms with Gasteiger partial charge in [-0.2, -0.15) is 0 Å². The first-order chi connectivity index (χ1) is 16.7. The van der Waals surface area contributed by atoms with Crippen molar-refractivity contribution in [3.63, 3.8) is 0 Å². The van der Waals surface area contributed by atoms with Gasteiger partial charge >= 0.3 is 5.97 Å². The van der Waals surface area contributed by atoms with Crippen LogP contribution in [0.25, 0.3) is 6.08 Å². The first-order valence-corrected chi connectivity index (χ1v) is 11.6. The van der Waals surface area contributed by atoms with Crippen molar-refractivity contribution >= 4 is 46.5 Å². The highest BCUT2D eigenvalue weighted by atomic mass is 32.2. The molecule has 1 fully saturated rings. The second-order valence-electron chi connectivity index (χ2n) is 7.59. The molecule has 0 radical (unpaired) electrons. The molecule has 3 rings (SSSR count). The number of thioether (sulfide) groups is 1. The lowest BCUT2D eigenvalue weighted by molar-refractivity contribution is -0.143. The third-order valence-corrected chi connectivity index (χ3v) is 5.97. The van der Waals surface area contributed by atoms with Crippen molar-refractivity contribution in [3.8, 4) is 11.5 Å². The van der Waals surface area contributed by atoms with Gasteiger partial charge in [-0.05, 0) is 67.4 Å². The maximum atomic E-state index is 12.9. The number of imide groups is 1. The molecule has 0 saturated carbocycles. The fourth-order valence-electron chi connectivity index (χ4n) is 3.32. The summed E-state index contributed by atoms with van der Waals surface area (Å²) in [5.41, 5.74) is 3.02. The fraction of sp³-hybridized carbons (Fsp3) is 0.280. The van der Waals surface area contributed by atoms with E-state index in [9.17, 15) is 19.2 Å². The zero-order chi connectivity index (χ0) is 25.5. The molecule has 1 saturated heterocycles. The molecule has 0 spiro atoms. The summed E-state index contributed by atoms with van der Waals surface area (Å²) < 4.78 is 15.6. The second kappa shape index (κ2) is 11.6. The van der Waals surface area contributed by atoms with Gasteiger partial charge in [0.15, 0.2) is 18.1 Å². The number of nitrogens with one attached hydrogen (secondary N) is 1. The van der Waals surface area contributed by atoms with E-state index in [2.05, 4.69) is 10.1 Å². The number of ether oxygens (including phenoxy) is 3. The Hall–Kier alpha value is -3.79. The minimum atomic E-state index is -0.555. The van der Waals surface area contributed by atoms with Crippen LogP contribution in [-0.2, 0) is 19.1 Å². The van der Waals surface area contributed by atoms with Gasteiger partial charge < -0.3 is 19.5 Å². The van der Waals surface area contributed by atoms with Gasteiger partial charge in [-0.1, -0.05) is 24.3 Å². The van der Waals surface area contributed by atoms with Crippen LogP contribution >= 0.6 is 11.8 Å². The van der Waals surface area contributed by atoms with E-state index in [0.29, 0.717) is 29.4 Å². The molecule has 2 aromatic carbocycles. The van der Waals surface area contributed by atoms with Crippen molar-refractivity contribution in [3.05, 3.63) is 58.0 Å². The third kappa shape index (κ3) is 6.42. The molecule has 184 valence electrons. The number of aryl methyl sites for hydroxylation is 2. The minimum absolute atomic E-state index is 0.181. The maximum absolute atomic E-state index is 12.9. The fourth-order valence-corrected chi connectivity index (χ4v) is 4.16. The van der Waals surface area contributed by atoms with Crippen molar-refractivity contribution in [2.75, 3.05) is 32.2 Å². The highest BCUT2D eigenvalue weighted by molar-refractivity contribution is 8.18. The smallest absolute Gasteiger partial charge is 0.343 e. The highest BCUT2D eigenvalue weighted by Crippen LogP contribution is 2.34. The number of nitrogens with zero attached hydrogens (tertiary/aromatic N) is 1. The molecule has 0 aliphatic carbocycles. The van der Waals surface area contributed by atoms with E-state index in [1.807, 2.05) is 32.0 Å². The summed E-state index contributed by atoms with van der Waals surface area (Å²) in [5, 5.41) is 2.26. The Labute approximate surface area is 207 Å². The topological polar surface area (TPSA) is 111 Å². The number of esters is 1. The van der Waals surface area contributed by atoms with Gasteiger partial charge in [0.25, 0.3) is 11.1 Å². The van der Waals surface area contributed by atoms with Crippen LogP contribution in [0.15, 0.2) is 41.3 Å². The molecule has 1 heterocycles. The van der Waals surface area contributed by atoms with E-state index < -0.39 is 23.0 Å². The zero-order valence-electron chi connectivity index (χ0n) is 19.9. The molecule has 0 atom stereocenters. The van der Waals surface area contributed by atoms with Gasteiger partial charge in [0.05, 0.1) is 18.6 Å². The number of para-hydroxylation sites is 1. The summed E-state index contributed by atoms with van der Waals surface area (Å²) in [4.78, 5) is 50.3. The molecule has 0 unspecified atom stereocenters. The zero-order valence-corrected chi connectivity index (χ0v) is 20.7. The monoisotopic (exact) mass is 498 g/mol. The van der Waals surface area contributed by atoms with E-state index >= 15 is 0 Å². The average Bonchev–Trinajstić information content (AvgIpc) is 3.08. The van der Waals surface area contributed by atoms with E-state index in [4.69, 9.17) is 9.47 Å². The van der Waals surface area contributed by atoms with Gasteiger partial charge in [-0.25, -0.2) is 4.79 Å². The van der Waals surface area contributed by atoms with Crippen LogP contribution in [0.5, 0.6) is 11.5 Å². The summed E-state index contributed by atoms with van der Waals surface area (Å²) in [6, 6.07) is 10.5. The van der Waals surface area contributed by atoms with Crippen LogP contribution in [0.1, 0.15) is 23.6 Å². The van der Waals surface area contributed by atoms with E-state index in [1.54, 1.807) is 31.2 Å². The molecule has 1 aliphatic heterocycles. The SMILES string of the molecule is CCOc1cc(/C=C2/SC(=O)N(CC(=O)Nc3c(C)cccc3C)C2=O)ccc1OCC(=O)OC. The van der Waals surface area contributed by atoms with Gasteiger partial charge in [0.1, 0.15) is 6.54 Å². The Morgan fingerprint density at radius 2 is 1.77 bits per heavy atom. The molecular formula is C25H26N2O7S. The van der Waals surface area contributed by atoms with Gasteiger partial charge in [0, 0.05) is 5.69 Å². The Morgan fingerprint density at radius 1 is 1.06 bits per heavy atom. The van der Waals surface area contributed by atoms with Crippen molar-refractivity contribution in [1.29, 1.82) is 0 Å². The number of carbonyl (C=O) groups is 4. The van der Waals surface area contributed by atoms with Gasteiger partial charge in [0.2, 0.25) is 5.91 Å². The van der Waals surface area contributed by atoms with E-state index in [-0.39, 0.29) is 18.1 Å². The van der Waals surface area contributed by atoms with Crippen molar-refractivity contribution in [2.45, 2.75) is 20.8 Å². The highest BCUT2D eigenvalue weighted by Gasteiger charge is 2.36. The lowest BCUT2D eigenvalue weighted by Crippen LogP contribution is -2.36. The first kappa shape index (κ1) is 25.8. The molecule has 2 aromatic rings. The largest absolute Gasteiger partial charge is 0.490 e. The molecule has 1 N–H and O–H groups in total. The Bertz CT molecular complexity index is 1170. The van der Waals surface area contributed by atoms with Crippen molar-refractivity contribution in [1.82, 2.24) is 4.90 Å². The van der Waals surface area contributed by atoms with Crippen LogP contribution in [-0.4, -0.2) is 54.8 Å². The average molecular weight is 499 g/mol. The molecular weight excluding hydrogens is 472 g/mol.